The predicted octanol–water partition coefficient (Wildman–Crippen LogP) is 4.49. The molecule has 0 aliphatic heterocycles. The van der Waals surface area contributed by atoms with E-state index in [1.54, 1.807) is 15.8 Å². The molecule has 0 unspecified atom stereocenters. The van der Waals surface area contributed by atoms with Crippen molar-refractivity contribution < 1.29 is 9.53 Å². The van der Waals surface area contributed by atoms with E-state index < -0.39 is 0 Å². The number of carbonyl (C=O) groups is 1. The van der Waals surface area contributed by atoms with E-state index in [0.717, 1.165) is 28.7 Å². The summed E-state index contributed by atoms with van der Waals surface area (Å²) in [6.07, 6.45) is 3.75. The quantitative estimate of drug-likeness (QED) is 0.457. The van der Waals surface area contributed by atoms with Crippen molar-refractivity contribution in [3.05, 3.63) is 71.0 Å². The summed E-state index contributed by atoms with van der Waals surface area (Å²) in [5, 5.41) is 8.18. The molecule has 6 nitrogen and oxygen atoms in total. The van der Waals surface area contributed by atoms with Crippen LogP contribution in [0.1, 0.15) is 30.3 Å². The zero-order chi connectivity index (χ0) is 19.8. The highest BCUT2D eigenvalue weighted by molar-refractivity contribution is 9.10. The number of aromatic nitrogens is 3. The predicted molar refractivity (Wildman–Crippen MR) is 113 cm³/mol. The second-order valence-corrected chi connectivity index (χ2v) is 7.20. The third kappa shape index (κ3) is 5.27. The van der Waals surface area contributed by atoms with Gasteiger partial charge in [0, 0.05) is 23.3 Å². The van der Waals surface area contributed by atoms with Crippen LogP contribution in [0.25, 0.3) is 5.69 Å². The SMILES string of the molecule is CCCCOCCN(C(=O)c1cn(-c2ccccc2)nn1)c1ccc(Br)cc1. The monoisotopic (exact) mass is 442 g/mol. The second-order valence-electron chi connectivity index (χ2n) is 6.28. The summed E-state index contributed by atoms with van der Waals surface area (Å²) >= 11 is 3.43. The zero-order valence-electron chi connectivity index (χ0n) is 15.8. The minimum atomic E-state index is -0.205. The molecule has 0 aliphatic rings. The van der Waals surface area contributed by atoms with E-state index in [4.69, 9.17) is 4.74 Å². The Kier molecular flexibility index (Phi) is 7.33. The number of para-hydroxylation sites is 1. The van der Waals surface area contributed by atoms with Gasteiger partial charge in [0.05, 0.1) is 18.5 Å². The summed E-state index contributed by atoms with van der Waals surface area (Å²) in [6.45, 7) is 3.73. The van der Waals surface area contributed by atoms with Gasteiger partial charge in [0.15, 0.2) is 5.69 Å². The van der Waals surface area contributed by atoms with Gasteiger partial charge in [-0.05, 0) is 42.8 Å². The first-order valence-electron chi connectivity index (χ1n) is 9.32. The van der Waals surface area contributed by atoms with Gasteiger partial charge in [-0.3, -0.25) is 4.79 Å². The molecule has 0 fully saturated rings. The van der Waals surface area contributed by atoms with Gasteiger partial charge < -0.3 is 9.64 Å². The largest absolute Gasteiger partial charge is 0.380 e. The molecule has 0 saturated carbocycles. The van der Waals surface area contributed by atoms with E-state index in [1.165, 1.54) is 0 Å². The van der Waals surface area contributed by atoms with Gasteiger partial charge >= 0.3 is 0 Å². The number of anilines is 1. The minimum absolute atomic E-state index is 0.205. The number of rotatable bonds is 9. The molecule has 0 radical (unpaired) electrons. The average Bonchev–Trinajstić information content (AvgIpc) is 3.22. The smallest absolute Gasteiger partial charge is 0.280 e. The van der Waals surface area contributed by atoms with Crippen LogP contribution < -0.4 is 4.90 Å². The lowest BCUT2D eigenvalue weighted by atomic mass is 10.2. The number of hydrogen-bond acceptors (Lipinski definition) is 4. The third-order valence-electron chi connectivity index (χ3n) is 4.22. The molecular formula is C21H23BrN4O2. The van der Waals surface area contributed by atoms with E-state index in [9.17, 15) is 4.79 Å². The van der Waals surface area contributed by atoms with Crippen LogP contribution in [-0.4, -0.2) is 40.7 Å². The number of ether oxygens (including phenoxy) is 1. The van der Waals surface area contributed by atoms with E-state index >= 15 is 0 Å². The minimum Gasteiger partial charge on any atom is -0.380 e. The van der Waals surface area contributed by atoms with Crippen LogP contribution in [0, 0.1) is 0 Å². The molecule has 0 N–H and O–H groups in total. The molecule has 1 aromatic heterocycles. The summed E-state index contributed by atoms with van der Waals surface area (Å²) in [7, 11) is 0. The maximum absolute atomic E-state index is 13.1. The van der Waals surface area contributed by atoms with Crippen molar-refractivity contribution in [2.24, 2.45) is 0 Å². The molecule has 1 heterocycles. The van der Waals surface area contributed by atoms with Gasteiger partial charge in [-0.25, -0.2) is 4.68 Å². The van der Waals surface area contributed by atoms with Crippen LogP contribution in [0.4, 0.5) is 5.69 Å². The molecule has 3 rings (SSSR count). The highest BCUT2D eigenvalue weighted by Crippen LogP contribution is 2.20. The maximum atomic E-state index is 13.1. The van der Waals surface area contributed by atoms with Crippen LogP contribution in [0.15, 0.2) is 65.3 Å². The Morgan fingerprint density at radius 2 is 1.86 bits per heavy atom. The van der Waals surface area contributed by atoms with Gasteiger partial charge in [-0.2, -0.15) is 0 Å². The van der Waals surface area contributed by atoms with Crippen LogP contribution >= 0.6 is 15.9 Å². The van der Waals surface area contributed by atoms with Gasteiger partial charge in [-0.15, -0.1) is 5.10 Å². The Balaban J connectivity index is 1.77. The normalized spacial score (nSPS) is 10.8. The molecule has 28 heavy (non-hydrogen) atoms. The number of amides is 1. The molecule has 146 valence electrons. The lowest BCUT2D eigenvalue weighted by Gasteiger charge is -2.22. The highest BCUT2D eigenvalue weighted by atomic mass is 79.9. The zero-order valence-corrected chi connectivity index (χ0v) is 17.4. The molecule has 2 aromatic carbocycles. The van der Waals surface area contributed by atoms with E-state index in [1.807, 2.05) is 54.6 Å². The fourth-order valence-electron chi connectivity index (χ4n) is 2.68. The Hall–Kier alpha value is -2.51. The van der Waals surface area contributed by atoms with E-state index in [-0.39, 0.29) is 5.91 Å². The fourth-order valence-corrected chi connectivity index (χ4v) is 2.94. The van der Waals surface area contributed by atoms with Crippen molar-refractivity contribution in [3.63, 3.8) is 0 Å². The molecular weight excluding hydrogens is 420 g/mol. The Bertz CT molecular complexity index is 881. The van der Waals surface area contributed by atoms with Crippen LogP contribution in [-0.2, 0) is 4.74 Å². The topological polar surface area (TPSA) is 60.2 Å². The first kappa shape index (κ1) is 20.2. The number of carbonyl (C=O) groups excluding carboxylic acids is 1. The molecule has 7 heteroatoms. The van der Waals surface area contributed by atoms with Crippen LogP contribution in [0.5, 0.6) is 0 Å². The summed E-state index contributed by atoms with van der Waals surface area (Å²) < 4.78 is 8.22. The molecule has 3 aromatic rings. The van der Waals surface area contributed by atoms with Crippen LogP contribution in [0.2, 0.25) is 0 Å². The summed E-state index contributed by atoms with van der Waals surface area (Å²) in [5.41, 5.74) is 1.94. The maximum Gasteiger partial charge on any atom is 0.280 e. The molecule has 0 saturated heterocycles. The van der Waals surface area contributed by atoms with E-state index in [2.05, 4.69) is 33.2 Å². The molecule has 0 atom stereocenters. The van der Waals surface area contributed by atoms with Crippen molar-refractivity contribution in [1.29, 1.82) is 0 Å². The molecule has 0 aliphatic carbocycles. The van der Waals surface area contributed by atoms with Crippen LogP contribution in [0.3, 0.4) is 0 Å². The van der Waals surface area contributed by atoms with E-state index in [0.29, 0.717) is 25.5 Å². The molecule has 0 spiro atoms. The standard InChI is InChI=1S/C21H23BrN4O2/c1-2-3-14-28-15-13-25(18-11-9-17(22)10-12-18)21(27)20-16-26(24-23-20)19-7-5-4-6-8-19/h4-12,16H,2-3,13-15H2,1H3. The van der Waals surface area contributed by atoms with Crippen molar-refractivity contribution in [1.82, 2.24) is 15.0 Å². The Labute approximate surface area is 173 Å². The number of nitrogens with zero attached hydrogens (tertiary/aromatic N) is 4. The number of halogens is 1. The number of hydrogen-bond donors (Lipinski definition) is 0. The first-order valence-corrected chi connectivity index (χ1v) is 10.1. The number of unbranched alkanes of at least 4 members (excludes halogenated alkanes) is 1. The van der Waals surface area contributed by atoms with Gasteiger partial charge in [-0.1, -0.05) is 52.7 Å². The first-order chi connectivity index (χ1) is 13.7. The Morgan fingerprint density at radius 3 is 2.57 bits per heavy atom. The second kappa shape index (κ2) is 10.1. The lowest BCUT2D eigenvalue weighted by Crippen LogP contribution is -2.34. The third-order valence-corrected chi connectivity index (χ3v) is 4.75. The highest BCUT2D eigenvalue weighted by Gasteiger charge is 2.21. The molecule has 0 bridgehead atoms. The fraction of sp³-hybridized carbons (Fsp3) is 0.286. The van der Waals surface area contributed by atoms with Crippen molar-refractivity contribution in [3.8, 4) is 5.69 Å². The number of benzene rings is 2. The summed E-state index contributed by atoms with van der Waals surface area (Å²) in [4.78, 5) is 14.8. The van der Waals surface area contributed by atoms with Crippen molar-refractivity contribution in [2.75, 3.05) is 24.7 Å². The average molecular weight is 443 g/mol. The lowest BCUT2D eigenvalue weighted by molar-refractivity contribution is 0.0954. The molecule has 1 amide bonds. The van der Waals surface area contributed by atoms with Gasteiger partial charge in [0.2, 0.25) is 0 Å². The van der Waals surface area contributed by atoms with Gasteiger partial charge in [0.25, 0.3) is 5.91 Å². The van der Waals surface area contributed by atoms with Crippen molar-refractivity contribution in [2.45, 2.75) is 19.8 Å². The van der Waals surface area contributed by atoms with Crippen molar-refractivity contribution >= 4 is 27.5 Å². The summed E-state index contributed by atoms with van der Waals surface area (Å²) in [5.74, 6) is -0.205. The Morgan fingerprint density at radius 1 is 1.11 bits per heavy atom. The van der Waals surface area contributed by atoms with Gasteiger partial charge in [0.1, 0.15) is 0 Å². The summed E-state index contributed by atoms with van der Waals surface area (Å²) in [6, 6.07) is 17.2.